The van der Waals surface area contributed by atoms with E-state index in [0.717, 1.165) is 16.7 Å². The van der Waals surface area contributed by atoms with Gasteiger partial charge in [-0.15, -0.1) is 0 Å². The molecule has 1 N–H and O–H groups in total. The number of H-pyrrole nitrogens is 1. The lowest BCUT2D eigenvalue weighted by Crippen LogP contribution is -2.40. The van der Waals surface area contributed by atoms with Gasteiger partial charge in [0, 0.05) is 30.4 Å². The number of aromatic amines is 1. The van der Waals surface area contributed by atoms with Crippen molar-refractivity contribution in [2.45, 2.75) is 12.8 Å². The van der Waals surface area contributed by atoms with Crippen molar-refractivity contribution in [3.05, 3.63) is 95.3 Å². The van der Waals surface area contributed by atoms with E-state index in [1.807, 2.05) is 48.5 Å². The van der Waals surface area contributed by atoms with Crippen LogP contribution in [-0.2, 0) is 4.79 Å². The minimum Gasteiger partial charge on any atom is -0.494 e. The van der Waals surface area contributed by atoms with E-state index in [9.17, 15) is 9.59 Å². The Morgan fingerprint density at radius 2 is 1.63 bits per heavy atom. The van der Waals surface area contributed by atoms with Gasteiger partial charge >= 0.3 is 0 Å². The standard InChI is InChI=1S/C31H27N3O4/c1-37-26-20-33-30(38-2)28-27(26)25(19-32-28)29(35)31(36)34-17-15-23(16-18-34)24(22-11-7-4-8-12-22)14-13-21-9-5-3-6-10-21/h3-12,19-20,32H,15-18H2,1-2H3. The van der Waals surface area contributed by atoms with Crippen LogP contribution < -0.4 is 9.47 Å². The molecule has 1 aliphatic rings. The highest BCUT2D eigenvalue weighted by atomic mass is 16.5. The number of allylic oxidation sites excluding steroid dienone is 1. The van der Waals surface area contributed by atoms with Gasteiger partial charge in [0.15, 0.2) is 0 Å². The molecule has 1 fully saturated rings. The number of pyridine rings is 1. The predicted molar refractivity (Wildman–Crippen MR) is 146 cm³/mol. The third-order valence-electron chi connectivity index (χ3n) is 6.67. The molecule has 0 saturated carbocycles. The van der Waals surface area contributed by atoms with E-state index < -0.39 is 11.7 Å². The van der Waals surface area contributed by atoms with Gasteiger partial charge < -0.3 is 19.4 Å². The number of rotatable bonds is 5. The summed E-state index contributed by atoms with van der Waals surface area (Å²) in [6, 6.07) is 20.0. The highest BCUT2D eigenvalue weighted by Crippen LogP contribution is 2.34. The number of amides is 1. The average Bonchev–Trinajstić information content (AvgIpc) is 3.43. The van der Waals surface area contributed by atoms with E-state index in [0.29, 0.717) is 48.5 Å². The molecule has 0 bridgehead atoms. The maximum absolute atomic E-state index is 13.3. The summed E-state index contributed by atoms with van der Waals surface area (Å²) in [5.74, 6) is 6.24. The molecule has 0 radical (unpaired) electrons. The number of ether oxygens (including phenoxy) is 2. The minimum atomic E-state index is -0.595. The Hall–Kier alpha value is -4.83. The number of ketones is 1. The zero-order valence-corrected chi connectivity index (χ0v) is 21.3. The molecule has 0 aliphatic carbocycles. The second kappa shape index (κ2) is 11.1. The van der Waals surface area contributed by atoms with Gasteiger partial charge in [0.2, 0.25) is 5.88 Å². The van der Waals surface area contributed by atoms with Crippen LogP contribution in [-0.4, -0.2) is 53.9 Å². The first-order valence-corrected chi connectivity index (χ1v) is 12.4. The Morgan fingerprint density at radius 3 is 2.29 bits per heavy atom. The number of methoxy groups -OCH3 is 2. The van der Waals surface area contributed by atoms with Crippen molar-refractivity contribution in [3.8, 4) is 23.5 Å². The molecule has 38 heavy (non-hydrogen) atoms. The normalized spacial score (nSPS) is 13.0. The fraction of sp³-hybridized carbons (Fsp3) is 0.194. The summed E-state index contributed by atoms with van der Waals surface area (Å²) in [4.78, 5) is 35.4. The van der Waals surface area contributed by atoms with Gasteiger partial charge in [-0.3, -0.25) is 9.59 Å². The summed E-state index contributed by atoms with van der Waals surface area (Å²) >= 11 is 0. The number of carbonyl (C=O) groups is 2. The summed E-state index contributed by atoms with van der Waals surface area (Å²) in [6.45, 7) is 0.876. The number of aromatic nitrogens is 2. The Morgan fingerprint density at radius 1 is 0.947 bits per heavy atom. The average molecular weight is 506 g/mol. The number of fused-ring (bicyclic) bond motifs is 1. The maximum Gasteiger partial charge on any atom is 0.295 e. The maximum atomic E-state index is 13.3. The van der Waals surface area contributed by atoms with Crippen LogP contribution in [0.2, 0.25) is 0 Å². The van der Waals surface area contributed by atoms with Crippen LogP contribution in [0.5, 0.6) is 11.6 Å². The molecular weight excluding hydrogens is 478 g/mol. The minimum absolute atomic E-state index is 0.239. The molecule has 4 aromatic rings. The van der Waals surface area contributed by atoms with Crippen molar-refractivity contribution in [3.63, 3.8) is 0 Å². The highest BCUT2D eigenvalue weighted by molar-refractivity contribution is 6.45. The summed E-state index contributed by atoms with van der Waals surface area (Å²) < 4.78 is 10.7. The fourth-order valence-electron chi connectivity index (χ4n) is 4.70. The number of Topliss-reactive ketones (excluding diaryl/α,β-unsaturated/α-hetero) is 1. The van der Waals surface area contributed by atoms with Crippen LogP contribution >= 0.6 is 0 Å². The number of piperidine rings is 1. The van der Waals surface area contributed by atoms with Crippen molar-refractivity contribution < 1.29 is 19.1 Å². The number of carbonyl (C=O) groups excluding carboxylic acids is 2. The van der Waals surface area contributed by atoms with Crippen LogP contribution in [0.1, 0.15) is 34.3 Å². The van der Waals surface area contributed by atoms with Crippen molar-refractivity contribution >= 4 is 28.2 Å². The fourth-order valence-corrected chi connectivity index (χ4v) is 4.70. The smallest absolute Gasteiger partial charge is 0.295 e. The Labute approximate surface area is 221 Å². The topological polar surface area (TPSA) is 84.5 Å². The zero-order chi connectivity index (χ0) is 26.5. The molecule has 7 nitrogen and oxygen atoms in total. The van der Waals surface area contributed by atoms with E-state index in [4.69, 9.17) is 9.47 Å². The molecule has 0 unspecified atom stereocenters. The van der Waals surface area contributed by atoms with Crippen LogP contribution in [0.3, 0.4) is 0 Å². The van der Waals surface area contributed by atoms with Gasteiger partial charge in [0.25, 0.3) is 11.7 Å². The van der Waals surface area contributed by atoms with E-state index in [2.05, 4.69) is 33.9 Å². The zero-order valence-electron chi connectivity index (χ0n) is 21.3. The van der Waals surface area contributed by atoms with Gasteiger partial charge in [0.1, 0.15) is 11.3 Å². The van der Waals surface area contributed by atoms with Crippen molar-refractivity contribution in [2.75, 3.05) is 27.3 Å². The predicted octanol–water partition coefficient (Wildman–Crippen LogP) is 4.89. The largest absolute Gasteiger partial charge is 0.494 e. The molecular formula is C31H27N3O4. The van der Waals surface area contributed by atoms with E-state index in [1.165, 1.54) is 32.2 Å². The molecule has 1 saturated heterocycles. The summed E-state index contributed by atoms with van der Waals surface area (Å²) in [5.41, 5.74) is 4.91. The SMILES string of the molecule is COc1ncc(OC)c2c(C(=O)C(=O)N3CCC(=C(C#Cc4ccccc4)c4ccccc4)CC3)c[nH]c12. The molecule has 1 amide bonds. The van der Waals surface area contributed by atoms with Gasteiger partial charge in [-0.2, -0.15) is 0 Å². The third kappa shape index (κ3) is 4.89. The number of hydrogen-bond acceptors (Lipinski definition) is 5. The summed E-state index contributed by atoms with van der Waals surface area (Å²) in [6.07, 6.45) is 4.28. The lowest BCUT2D eigenvalue weighted by atomic mass is 9.93. The molecule has 1 aliphatic heterocycles. The van der Waals surface area contributed by atoms with Crippen LogP contribution in [0.25, 0.3) is 16.5 Å². The Kier molecular flexibility index (Phi) is 7.23. The quantitative estimate of drug-likeness (QED) is 0.237. The molecule has 2 aromatic carbocycles. The second-order valence-corrected chi connectivity index (χ2v) is 8.87. The molecule has 2 aromatic heterocycles. The number of hydrogen-bond donors (Lipinski definition) is 1. The molecule has 0 spiro atoms. The first-order chi connectivity index (χ1) is 18.6. The van der Waals surface area contributed by atoms with Gasteiger partial charge in [-0.1, -0.05) is 65.9 Å². The van der Waals surface area contributed by atoms with E-state index in [-0.39, 0.29) is 5.56 Å². The van der Waals surface area contributed by atoms with E-state index >= 15 is 0 Å². The Bertz CT molecular complexity index is 1570. The lowest BCUT2D eigenvalue weighted by Gasteiger charge is -2.29. The summed E-state index contributed by atoms with van der Waals surface area (Å²) in [5, 5.41) is 0.484. The summed E-state index contributed by atoms with van der Waals surface area (Å²) in [7, 11) is 2.99. The van der Waals surface area contributed by atoms with Crippen molar-refractivity contribution in [1.29, 1.82) is 0 Å². The number of likely N-dealkylation sites (tertiary alicyclic amines) is 1. The van der Waals surface area contributed by atoms with Crippen LogP contribution in [0.15, 0.2) is 78.6 Å². The first kappa shape index (κ1) is 24.8. The monoisotopic (exact) mass is 505 g/mol. The van der Waals surface area contributed by atoms with Gasteiger partial charge in [0.05, 0.1) is 31.4 Å². The number of nitrogens with zero attached hydrogens (tertiary/aromatic N) is 2. The third-order valence-corrected chi connectivity index (χ3v) is 6.67. The molecule has 5 rings (SSSR count). The van der Waals surface area contributed by atoms with Gasteiger partial charge in [-0.25, -0.2) is 4.98 Å². The first-order valence-electron chi connectivity index (χ1n) is 12.4. The lowest BCUT2D eigenvalue weighted by molar-refractivity contribution is -0.126. The van der Waals surface area contributed by atoms with Crippen LogP contribution in [0, 0.1) is 11.8 Å². The molecule has 3 heterocycles. The van der Waals surface area contributed by atoms with Crippen molar-refractivity contribution in [1.82, 2.24) is 14.9 Å². The number of nitrogens with one attached hydrogen (secondary N) is 1. The molecule has 190 valence electrons. The van der Waals surface area contributed by atoms with Crippen LogP contribution in [0.4, 0.5) is 0 Å². The number of benzene rings is 2. The molecule has 0 atom stereocenters. The van der Waals surface area contributed by atoms with E-state index in [1.54, 1.807) is 4.90 Å². The highest BCUT2D eigenvalue weighted by Gasteiger charge is 2.30. The second-order valence-electron chi connectivity index (χ2n) is 8.87. The van der Waals surface area contributed by atoms with Gasteiger partial charge in [-0.05, 0) is 30.5 Å². The van der Waals surface area contributed by atoms with Crippen molar-refractivity contribution in [2.24, 2.45) is 0 Å². The Balaban J connectivity index is 1.39. The molecule has 7 heteroatoms.